The van der Waals surface area contributed by atoms with Crippen molar-refractivity contribution in [2.24, 2.45) is 0 Å². The molecule has 0 radical (unpaired) electrons. The summed E-state index contributed by atoms with van der Waals surface area (Å²) in [6.07, 6.45) is 59.9. The topological polar surface area (TPSA) is 111 Å². The number of carboxylic acids is 1. The van der Waals surface area contributed by atoms with Crippen molar-refractivity contribution in [2.45, 2.75) is 322 Å². The molecule has 0 saturated heterocycles. The molecule has 0 aliphatic rings. The number of aliphatic carboxylic acids is 1. The molecule has 420 valence electrons. The van der Waals surface area contributed by atoms with Crippen LogP contribution in [0.3, 0.4) is 0 Å². The SMILES string of the molecule is CCCCCCCCCC/C=C\CCCCCCCCCCCCCCCCCCCCCC(=O)OC(COC(=O)CCCCCCCCCCCCCCCCC)COC(OCC[N+](C)(C)C)C(=O)[O-]. The first kappa shape index (κ1) is 69.0. The number of allylic oxidation sites excluding steroid dienone is 2. The molecule has 0 heterocycles. The predicted molar refractivity (Wildman–Crippen MR) is 297 cm³/mol. The molecule has 0 aliphatic carbocycles. The Labute approximate surface area is 440 Å². The number of nitrogens with zero attached hydrogens (tertiary/aromatic N) is 1. The summed E-state index contributed by atoms with van der Waals surface area (Å²) in [4.78, 5) is 37.3. The number of carbonyl (C=O) groups is 3. The summed E-state index contributed by atoms with van der Waals surface area (Å²) < 4.78 is 22.7. The summed E-state index contributed by atoms with van der Waals surface area (Å²) in [5.74, 6) is -2.26. The van der Waals surface area contributed by atoms with Crippen molar-refractivity contribution in [3.63, 3.8) is 0 Å². The summed E-state index contributed by atoms with van der Waals surface area (Å²) in [5.41, 5.74) is 0. The number of esters is 2. The lowest BCUT2D eigenvalue weighted by Gasteiger charge is -2.26. The molecule has 0 aromatic carbocycles. The standard InChI is InChI=1S/C62H119NO8/c1-6-8-10-12-14-16-18-20-22-23-24-25-26-27-28-29-30-31-32-33-34-35-36-37-39-41-43-45-47-49-51-53-60(65)71-58(57-70-62(61(66)67)68-55-54-63(3,4)5)56-69-59(64)52-50-48-46-44-42-40-38-21-19-17-15-13-11-9-7-2/h23-24,58,62H,6-22,25-57H2,1-5H3/b24-23-. The van der Waals surface area contributed by atoms with Gasteiger partial charge in [-0.2, -0.15) is 0 Å². The first-order valence-corrected chi connectivity index (χ1v) is 30.8. The number of unbranched alkanes of at least 4 members (excludes halogenated alkanes) is 41. The van der Waals surface area contributed by atoms with Crippen LogP contribution in [0.4, 0.5) is 0 Å². The summed E-state index contributed by atoms with van der Waals surface area (Å²) >= 11 is 0. The molecule has 2 atom stereocenters. The first-order valence-electron chi connectivity index (χ1n) is 30.8. The number of hydrogen-bond donors (Lipinski definition) is 0. The van der Waals surface area contributed by atoms with Gasteiger partial charge in [0.2, 0.25) is 0 Å². The van der Waals surface area contributed by atoms with Crippen molar-refractivity contribution >= 4 is 17.9 Å². The van der Waals surface area contributed by atoms with E-state index in [9.17, 15) is 19.5 Å². The zero-order valence-electron chi connectivity index (χ0n) is 47.9. The van der Waals surface area contributed by atoms with Crippen LogP contribution >= 0.6 is 0 Å². The van der Waals surface area contributed by atoms with Crippen molar-refractivity contribution in [1.29, 1.82) is 0 Å². The summed E-state index contributed by atoms with van der Waals surface area (Å²) in [5, 5.41) is 11.8. The zero-order chi connectivity index (χ0) is 52.0. The largest absolute Gasteiger partial charge is 0.545 e. The molecule has 9 heteroatoms. The number of ether oxygens (including phenoxy) is 4. The molecule has 0 aromatic rings. The van der Waals surface area contributed by atoms with Gasteiger partial charge in [-0.15, -0.1) is 0 Å². The van der Waals surface area contributed by atoms with Crippen LogP contribution < -0.4 is 5.11 Å². The van der Waals surface area contributed by atoms with Gasteiger partial charge in [0.25, 0.3) is 0 Å². The van der Waals surface area contributed by atoms with Crippen LogP contribution in [0.5, 0.6) is 0 Å². The number of carbonyl (C=O) groups excluding carboxylic acids is 3. The van der Waals surface area contributed by atoms with Crippen molar-refractivity contribution in [1.82, 2.24) is 0 Å². The Kier molecular flexibility index (Phi) is 52.8. The van der Waals surface area contributed by atoms with E-state index in [0.29, 0.717) is 17.4 Å². The van der Waals surface area contributed by atoms with E-state index in [-0.39, 0.29) is 32.2 Å². The maximum absolute atomic E-state index is 12.9. The molecular weight excluding hydrogens is 887 g/mol. The van der Waals surface area contributed by atoms with Crippen molar-refractivity contribution in [3.05, 3.63) is 12.2 Å². The van der Waals surface area contributed by atoms with Crippen molar-refractivity contribution in [2.75, 3.05) is 47.5 Å². The highest BCUT2D eigenvalue weighted by molar-refractivity contribution is 5.70. The molecule has 0 spiro atoms. The van der Waals surface area contributed by atoms with Gasteiger partial charge < -0.3 is 33.3 Å². The van der Waals surface area contributed by atoms with E-state index in [1.165, 1.54) is 244 Å². The molecular formula is C62H119NO8. The molecule has 71 heavy (non-hydrogen) atoms. The quantitative estimate of drug-likeness (QED) is 0.0195. The Morgan fingerprint density at radius 1 is 0.408 bits per heavy atom. The third-order valence-corrected chi connectivity index (χ3v) is 14.0. The van der Waals surface area contributed by atoms with Gasteiger partial charge in [0, 0.05) is 12.8 Å². The third-order valence-electron chi connectivity index (χ3n) is 14.0. The Balaban J connectivity index is 4.06. The van der Waals surface area contributed by atoms with Crippen LogP contribution in [0.1, 0.15) is 309 Å². The highest BCUT2D eigenvalue weighted by Gasteiger charge is 2.22. The minimum absolute atomic E-state index is 0.152. The van der Waals surface area contributed by atoms with Crippen LogP contribution in [0.15, 0.2) is 12.2 Å². The minimum Gasteiger partial charge on any atom is -0.545 e. The second-order valence-electron chi connectivity index (χ2n) is 22.4. The lowest BCUT2D eigenvalue weighted by atomic mass is 10.0. The van der Waals surface area contributed by atoms with Crippen LogP contribution in [0.2, 0.25) is 0 Å². The van der Waals surface area contributed by atoms with Gasteiger partial charge >= 0.3 is 11.9 Å². The lowest BCUT2D eigenvalue weighted by molar-refractivity contribution is -0.870. The normalized spacial score (nSPS) is 12.7. The van der Waals surface area contributed by atoms with Crippen molar-refractivity contribution < 1.29 is 42.9 Å². The van der Waals surface area contributed by atoms with Gasteiger partial charge in [0.15, 0.2) is 12.4 Å². The molecule has 9 nitrogen and oxygen atoms in total. The molecule has 0 saturated carbocycles. The Morgan fingerprint density at radius 3 is 1.04 bits per heavy atom. The van der Waals surface area contributed by atoms with Crippen LogP contribution in [-0.4, -0.2) is 82.3 Å². The Hall–Kier alpha value is -1.97. The van der Waals surface area contributed by atoms with Crippen LogP contribution in [0, 0.1) is 0 Å². The lowest BCUT2D eigenvalue weighted by Crippen LogP contribution is -2.44. The van der Waals surface area contributed by atoms with Gasteiger partial charge in [0.1, 0.15) is 13.2 Å². The van der Waals surface area contributed by atoms with E-state index in [1.54, 1.807) is 0 Å². The van der Waals surface area contributed by atoms with E-state index in [0.717, 1.165) is 38.5 Å². The smallest absolute Gasteiger partial charge is 0.306 e. The van der Waals surface area contributed by atoms with E-state index >= 15 is 0 Å². The van der Waals surface area contributed by atoms with E-state index in [4.69, 9.17) is 18.9 Å². The van der Waals surface area contributed by atoms with Gasteiger partial charge in [0.05, 0.1) is 40.3 Å². The summed E-state index contributed by atoms with van der Waals surface area (Å²) in [6, 6.07) is 0. The van der Waals surface area contributed by atoms with Crippen LogP contribution in [0.25, 0.3) is 0 Å². The molecule has 0 aromatic heterocycles. The highest BCUT2D eigenvalue weighted by atomic mass is 16.7. The molecule has 0 bridgehead atoms. The average molecular weight is 1010 g/mol. The van der Waals surface area contributed by atoms with Gasteiger partial charge in [-0.1, -0.05) is 270 Å². The van der Waals surface area contributed by atoms with E-state index in [2.05, 4.69) is 26.0 Å². The Morgan fingerprint density at radius 2 is 0.718 bits per heavy atom. The number of carboxylic acid groups (broad SMARTS) is 1. The fraction of sp³-hybridized carbons (Fsp3) is 0.919. The molecule has 0 aliphatic heterocycles. The van der Waals surface area contributed by atoms with Gasteiger partial charge in [-0.25, -0.2) is 0 Å². The summed E-state index contributed by atoms with van der Waals surface area (Å²) in [6.45, 7) is 4.80. The highest BCUT2D eigenvalue weighted by Crippen LogP contribution is 2.18. The fourth-order valence-electron chi connectivity index (χ4n) is 9.24. The number of quaternary nitrogens is 1. The molecule has 0 fully saturated rings. The average Bonchev–Trinajstić information content (AvgIpc) is 3.34. The molecule has 0 amide bonds. The van der Waals surface area contributed by atoms with Crippen molar-refractivity contribution in [3.8, 4) is 0 Å². The third kappa shape index (κ3) is 55.6. The number of likely N-dealkylation sites (N-methyl/N-ethyl adjacent to an activating group) is 1. The molecule has 2 unspecified atom stereocenters. The monoisotopic (exact) mass is 1010 g/mol. The number of hydrogen-bond acceptors (Lipinski definition) is 8. The van der Waals surface area contributed by atoms with E-state index < -0.39 is 24.3 Å². The minimum atomic E-state index is -1.62. The Bertz CT molecular complexity index is 1170. The second-order valence-corrected chi connectivity index (χ2v) is 22.4. The predicted octanol–water partition coefficient (Wildman–Crippen LogP) is 16.8. The number of rotatable bonds is 58. The van der Waals surface area contributed by atoms with Crippen LogP contribution in [-0.2, 0) is 33.3 Å². The first-order chi connectivity index (χ1) is 34.6. The molecule has 0 N–H and O–H groups in total. The summed E-state index contributed by atoms with van der Waals surface area (Å²) in [7, 11) is 5.93. The van der Waals surface area contributed by atoms with Gasteiger partial charge in [-0.05, 0) is 38.5 Å². The fourth-order valence-corrected chi connectivity index (χ4v) is 9.24. The second kappa shape index (κ2) is 54.3. The molecule has 0 rings (SSSR count). The van der Waals surface area contributed by atoms with Gasteiger partial charge in [-0.3, -0.25) is 9.59 Å². The zero-order valence-corrected chi connectivity index (χ0v) is 47.9. The maximum Gasteiger partial charge on any atom is 0.306 e. The van der Waals surface area contributed by atoms with E-state index in [1.807, 2.05) is 21.1 Å². The maximum atomic E-state index is 12.9.